The minimum absolute atomic E-state index is 0. The van der Waals surface area contributed by atoms with E-state index in [2.05, 4.69) is 13.2 Å². The van der Waals surface area contributed by atoms with E-state index in [-0.39, 0.29) is 17.1 Å². The van der Waals surface area contributed by atoms with E-state index in [1.165, 1.54) is 0 Å². The monoisotopic (exact) mass is 866 g/mol. The molecule has 1 aliphatic heterocycles. The average Bonchev–Trinajstić information content (AvgIpc) is 3.80. The van der Waals surface area contributed by atoms with Crippen LogP contribution in [0.25, 0.3) is 80.9 Å². The molecule has 0 aliphatic carbocycles. The SMILES string of the molecule is C=c1[n-]c(=C)c(-c2ccc(C)cc2Cl)c2nc(c(-c3ccc(C)cc3Cl)c3ccc([n-]3)c(-c3ccc(C)cc3Cl)c(C)nc(C)c1-c1ccc(C)cc1Cl)C=C2.[Fe+2]. The Morgan fingerprint density at radius 1 is 0.421 bits per heavy atom. The number of hydrogen-bond acceptors (Lipinski definition) is 2. The van der Waals surface area contributed by atoms with Gasteiger partial charge in [0, 0.05) is 53.7 Å². The van der Waals surface area contributed by atoms with E-state index in [1.54, 1.807) is 0 Å². The summed E-state index contributed by atoms with van der Waals surface area (Å²) in [5.41, 5.74) is 14.0. The van der Waals surface area contributed by atoms with E-state index in [9.17, 15) is 0 Å². The van der Waals surface area contributed by atoms with Gasteiger partial charge >= 0.3 is 17.1 Å². The fourth-order valence-electron chi connectivity index (χ4n) is 7.14. The van der Waals surface area contributed by atoms with Crippen molar-refractivity contribution in [2.75, 3.05) is 0 Å². The summed E-state index contributed by atoms with van der Waals surface area (Å²) in [6.45, 7) is 20.9. The predicted molar refractivity (Wildman–Crippen MR) is 240 cm³/mol. The average molecular weight is 869 g/mol. The summed E-state index contributed by atoms with van der Waals surface area (Å²) in [7, 11) is 0. The van der Waals surface area contributed by atoms with Crippen LogP contribution in [0.2, 0.25) is 20.1 Å². The third-order valence-corrected chi connectivity index (χ3v) is 11.0. The van der Waals surface area contributed by atoms with Gasteiger partial charge in [0.2, 0.25) is 0 Å². The molecule has 1 aliphatic rings. The smallest absolute Gasteiger partial charge is 0.658 e. The third kappa shape index (κ3) is 8.52. The Kier molecular flexibility index (Phi) is 12.6. The molecule has 2 aromatic heterocycles. The Hall–Kier alpha value is -4.58. The van der Waals surface area contributed by atoms with Crippen molar-refractivity contribution in [3.8, 4) is 44.5 Å². The van der Waals surface area contributed by atoms with Crippen LogP contribution in [0.3, 0.4) is 0 Å². The molecule has 0 radical (unpaired) electrons. The van der Waals surface area contributed by atoms with Crippen molar-refractivity contribution in [1.82, 2.24) is 19.9 Å². The predicted octanol–water partition coefficient (Wildman–Crippen LogP) is 12.8. The molecule has 9 heteroatoms. The van der Waals surface area contributed by atoms with Gasteiger partial charge in [0.05, 0.1) is 11.4 Å². The zero-order valence-corrected chi connectivity index (χ0v) is 36.4. The third-order valence-electron chi connectivity index (χ3n) is 9.79. The summed E-state index contributed by atoms with van der Waals surface area (Å²) >= 11 is 28.0. The van der Waals surface area contributed by atoms with Crippen molar-refractivity contribution in [1.29, 1.82) is 0 Å². The first kappa shape index (κ1) is 42.0. The molecule has 0 fully saturated rings. The molecule has 0 atom stereocenters. The van der Waals surface area contributed by atoms with Crippen LogP contribution < -0.4 is 20.7 Å². The van der Waals surface area contributed by atoms with E-state index in [1.807, 2.05) is 139 Å². The molecule has 0 unspecified atom stereocenters. The summed E-state index contributed by atoms with van der Waals surface area (Å²) in [5.74, 6) is 0. The van der Waals surface area contributed by atoms with E-state index in [4.69, 9.17) is 66.3 Å². The van der Waals surface area contributed by atoms with Crippen LogP contribution in [0.4, 0.5) is 0 Å². The number of aromatic nitrogens is 4. The van der Waals surface area contributed by atoms with Crippen LogP contribution in [0, 0.1) is 41.5 Å². The molecular formula is C48H38Cl4FeN4. The van der Waals surface area contributed by atoms with E-state index in [0.29, 0.717) is 75.7 Å². The molecule has 7 rings (SSSR count). The molecule has 6 aromatic rings. The van der Waals surface area contributed by atoms with Gasteiger partial charge in [0.15, 0.2) is 0 Å². The fraction of sp³-hybridized carbons (Fsp3) is 0.125. The van der Waals surface area contributed by atoms with Gasteiger partial charge in [-0.25, -0.2) is 4.98 Å². The van der Waals surface area contributed by atoms with Crippen molar-refractivity contribution < 1.29 is 17.1 Å². The first-order chi connectivity index (χ1) is 26.7. The molecule has 4 aromatic carbocycles. The summed E-state index contributed by atoms with van der Waals surface area (Å²) in [5, 5.41) is 3.07. The molecule has 4 nitrogen and oxygen atoms in total. The minimum atomic E-state index is 0. The van der Waals surface area contributed by atoms with Gasteiger partial charge in [-0.1, -0.05) is 107 Å². The number of hydrogen-bond donors (Lipinski definition) is 0. The maximum atomic E-state index is 7.02. The van der Waals surface area contributed by atoms with Crippen LogP contribution in [-0.4, -0.2) is 9.97 Å². The number of aryl methyl sites for hydroxylation is 6. The van der Waals surface area contributed by atoms with E-state index < -0.39 is 0 Å². The molecular weight excluding hydrogens is 830 g/mol. The first-order valence-electron chi connectivity index (χ1n) is 18.0. The maximum Gasteiger partial charge on any atom is 2.00 e. The summed E-state index contributed by atoms with van der Waals surface area (Å²) in [4.78, 5) is 20.9. The molecule has 57 heavy (non-hydrogen) atoms. The molecule has 0 amide bonds. The second-order valence-corrected chi connectivity index (χ2v) is 15.8. The second kappa shape index (κ2) is 17.1. The van der Waals surface area contributed by atoms with Gasteiger partial charge in [0.25, 0.3) is 0 Å². The number of benzene rings is 4. The Morgan fingerprint density at radius 3 is 1.23 bits per heavy atom. The largest absolute Gasteiger partial charge is 2.00 e. The Balaban J connectivity index is 0.00000549. The standard InChI is InChI=1S/C48H38Cl4N4.Fe/c1-25-9-13-33(37(49)21-25)45-29(5)53-31(7)46(34-14-10-26(2)22-38(34)50)41-17-19-43(55-41)48(36-16-12-28(4)24-40(36)52)44-20-18-42(56-44)47(32(8)54-30(45)6)35-15-11-27(3)23-39(35)51;/h9-24H,5,7H2,1-4,6,8H3;/q-2;+2. The fourth-order valence-corrected chi connectivity index (χ4v) is 8.46. The normalized spacial score (nSPS) is 11.3. The molecule has 286 valence electrons. The molecule has 0 N–H and O–H groups in total. The van der Waals surface area contributed by atoms with E-state index in [0.717, 1.165) is 55.6 Å². The summed E-state index contributed by atoms with van der Waals surface area (Å²) in [6.07, 6.45) is 3.91. The number of halogens is 4. The Labute approximate surface area is 364 Å². The van der Waals surface area contributed by atoms with Crippen molar-refractivity contribution in [2.45, 2.75) is 41.5 Å². The molecule has 0 saturated heterocycles. The zero-order chi connectivity index (χ0) is 40.0. The molecule has 0 spiro atoms. The van der Waals surface area contributed by atoms with Crippen molar-refractivity contribution >= 4 is 82.7 Å². The quantitative estimate of drug-likeness (QED) is 0.165. The van der Waals surface area contributed by atoms with Crippen LogP contribution in [0.5, 0.6) is 0 Å². The zero-order valence-electron chi connectivity index (χ0n) is 32.3. The molecule has 4 bridgehead atoms. The topological polar surface area (TPSA) is 54.0 Å². The Bertz CT molecular complexity index is 2920. The van der Waals surface area contributed by atoms with Gasteiger partial charge in [0.1, 0.15) is 0 Å². The molecule has 0 saturated carbocycles. The first-order valence-corrected chi connectivity index (χ1v) is 19.5. The second-order valence-electron chi connectivity index (χ2n) is 14.2. The van der Waals surface area contributed by atoms with Crippen molar-refractivity contribution in [2.24, 2.45) is 0 Å². The minimum Gasteiger partial charge on any atom is -0.658 e. The van der Waals surface area contributed by atoms with Crippen molar-refractivity contribution in [3.63, 3.8) is 0 Å². The van der Waals surface area contributed by atoms with Gasteiger partial charge in [-0.3, -0.25) is 4.98 Å². The molecule has 3 heterocycles. The number of nitrogens with zero attached hydrogens (tertiary/aromatic N) is 4. The number of rotatable bonds is 4. The maximum absolute atomic E-state index is 7.02. The Morgan fingerprint density at radius 2 is 0.772 bits per heavy atom. The summed E-state index contributed by atoms with van der Waals surface area (Å²) < 4.78 is 0. The van der Waals surface area contributed by atoms with Crippen LogP contribution >= 0.6 is 46.4 Å². The van der Waals surface area contributed by atoms with Crippen LogP contribution in [-0.2, 0) is 17.1 Å². The van der Waals surface area contributed by atoms with Crippen molar-refractivity contribution in [3.05, 3.63) is 161 Å². The van der Waals surface area contributed by atoms with Gasteiger partial charge in [-0.2, -0.15) is 0 Å². The van der Waals surface area contributed by atoms with Crippen LogP contribution in [0.1, 0.15) is 45.0 Å². The van der Waals surface area contributed by atoms with Gasteiger partial charge < -0.3 is 9.97 Å². The van der Waals surface area contributed by atoms with Gasteiger partial charge in [-0.05, 0) is 122 Å². The van der Waals surface area contributed by atoms with Gasteiger partial charge in [-0.15, -0.1) is 34.9 Å². The van der Waals surface area contributed by atoms with Crippen LogP contribution in [0.15, 0.2) is 84.9 Å². The number of fused-ring (bicyclic) bond motifs is 4. The van der Waals surface area contributed by atoms with E-state index >= 15 is 0 Å². The summed E-state index contributed by atoms with van der Waals surface area (Å²) in [6, 6.07) is 27.7.